The minimum atomic E-state index is -1.36. The first kappa shape index (κ1) is 19.0. The highest BCUT2D eigenvalue weighted by atomic mass is 16.1. The van der Waals surface area contributed by atoms with Gasteiger partial charge in [-0.05, 0) is 17.2 Å². The Labute approximate surface area is 171 Å². The van der Waals surface area contributed by atoms with E-state index in [4.69, 9.17) is 0 Å². The highest BCUT2D eigenvalue weighted by Gasteiger charge is 2.64. The van der Waals surface area contributed by atoms with Crippen molar-refractivity contribution in [2.45, 2.75) is 38.8 Å². The Balaban J connectivity index is 2.03. The van der Waals surface area contributed by atoms with Gasteiger partial charge < -0.3 is 4.90 Å². The summed E-state index contributed by atoms with van der Waals surface area (Å²) >= 11 is 0. The second kappa shape index (κ2) is 6.61. The van der Waals surface area contributed by atoms with E-state index < -0.39 is 28.8 Å². The van der Waals surface area contributed by atoms with E-state index >= 15 is 0 Å². The smallest absolute Gasteiger partial charge is 0.176 e. The Morgan fingerprint density at radius 1 is 1.00 bits per heavy atom. The number of carbonyl (C=O) groups is 1. The number of carbonyl (C=O) groups excluding carboxylic acids is 1. The van der Waals surface area contributed by atoms with Crippen molar-refractivity contribution >= 4 is 17.5 Å². The molecule has 2 heterocycles. The third-order valence-electron chi connectivity index (χ3n) is 6.08. The summed E-state index contributed by atoms with van der Waals surface area (Å²) in [5.41, 5.74) is 0.763. The molecule has 4 heteroatoms. The summed E-state index contributed by atoms with van der Waals surface area (Å²) in [7, 11) is 0. The van der Waals surface area contributed by atoms with Crippen LogP contribution in [0.25, 0.3) is 6.08 Å². The van der Waals surface area contributed by atoms with Gasteiger partial charge in [0.2, 0.25) is 0 Å². The van der Waals surface area contributed by atoms with E-state index in [2.05, 4.69) is 12.1 Å². The molecule has 1 saturated heterocycles. The quantitative estimate of drug-likeness (QED) is 0.756. The molecule has 0 saturated carbocycles. The SMILES string of the molecule is CC(C)(C)C(=O)[C@H]1[C@H](c2ccccc2)C(C#N)(C#N)[C@H]2C=Cc3ccccc3N12. The van der Waals surface area contributed by atoms with E-state index in [0.29, 0.717) is 0 Å². The molecular weight excluding hydrogens is 358 g/mol. The van der Waals surface area contributed by atoms with Gasteiger partial charge in [0.15, 0.2) is 11.2 Å². The van der Waals surface area contributed by atoms with Crippen molar-refractivity contribution < 1.29 is 4.79 Å². The average molecular weight is 381 g/mol. The van der Waals surface area contributed by atoms with Gasteiger partial charge in [-0.15, -0.1) is 0 Å². The van der Waals surface area contributed by atoms with E-state index in [1.807, 2.05) is 92.4 Å². The Bertz CT molecular complexity index is 1050. The topological polar surface area (TPSA) is 67.9 Å². The van der Waals surface area contributed by atoms with E-state index in [1.54, 1.807) is 0 Å². The molecular formula is C25H23N3O. The molecule has 0 aliphatic carbocycles. The number of nitrogens with zero attached hydrogens (tertiary/aromatic N) is 3. The molecule has 0 bridgehead atoms. The molecule has 0 spiro atoms. The average Bonchev–Trinajstić information content (AvgIpc) is 3.04. The molecule has 0 unspecified atom stereocenters. The van der Waals surface area contributed by atoms with Crippen LogP contribution in [0, 0.1) is 33.5 Å². The zero-order chi connectivity index (χ0) is 20.8. The molecule has 1 fully saturated rings. The molecule has 2 aromatic carbocycles. The molecule has 0 aromatic heterocycles. The van der Waals surface area contributed by atoms with Crippen molar-refractivity contribution in [3.8, 4) is 12.1 Å². The predicted molar refractivity (Wildman–Crippen MR) is 113 cm³/mol. The van der Waals surface area contributed by atoms with Crippen LogP contribution in [0.4, 0.5) is 5.69 Å². The van der Waals surface area contributed by atoms with Crippen LogP contribution in [0.15, 0.2) is 60.7 Å². The van der Waals surface area contributed by atoms with E-state index in [-0.39, 0.29) is 5.78 Å². The van der Waals surface area contributed by atoms with Crippen molar-refractivity contribution in [2.24, 2.45) is 10.8 Å². The van der Waals surface area contributed by atoms with Crippen LogP contribution in [-0.4, -0.2) is 17.9 Å². The number of hydrogen-bond donors (Lipinski definition) is 0. The molecule has 0 amide bonds. The third kappa shape index (κ3) is 2.68. The molecule has 2 aliphatic heterocycles. The largest absolute Gasteiger partial charge is 0.351 e. The molecule has 0 N–H and O–H groups in total. The summed E-state index contributed by atoms with van der Waals surface area (Å²) < 4.78 is 0. The lowest BCUT2D eigenvalue weighted by atomic mass is 9.68. The number of hydrogen-bond acceptors (Lipinski definition) is 4. The molecule has 2 aliphatic rings. The molecule has 3 atom stereocenters. The van der Waals surface area contributed by atoms with Gasteiger partial charge in [0, 0.05) is 17.0 Å². The van der Waals surface area contributed by atoms with Crippen LogP contribution in [0.3, 0.4) is 0 Å². The lowest BCUT2D eigenvalue weighted by Gasteiger charge is -2.37. The van der Waals surface area contributed by atoms with E-state index in [1.165, 1.54) is 0 Å². The summed E-state index contributed by atoms with van der Waals surface area (Å²) in [5, 5.41) is 20.6. The van der Waals surface area contributed by atoms with Gasteiger partial charge >= 0.3 is 0 Å². The first-order valence-electron chi connectivity index (χ1n) is 9.82. The summed E-state index contributed by atoms with van der Waals surface area (Å²) in [6.45, 7) is 5.70. The zero-order valence-electron chi connectivity index (χ0n) is 16.8. The monoisotopic (exact) mass is 381 g/mol. The van der Waals surface area contributed by atoms with Gasteiger partial charge in [-0.3, -0.25) is 4.79 Å². The normalized spacial score (nSPS) is 24.2. The molecule has 29 heavy (non-hydrogen) atoms. The van der Waals surface area contributed by atoms with Crippen LogP contribution < -0.4 is 4.90 Å². The van der Waals surface area contributed by atoms with Crippen molar-refractivity contribution in [1.29, 1.82) is 10.5 Å². The van der Waals surface area contributed by atoms with Crippen LogP contribution in [0.5, 0.6) is 0 Å². The summed E-state index contributed by atoms with van der Waals surface area (Å²) in [6.07, 6.45) is 3.88. The fourth-order valence-corrected chi connectivity index (χ4v) is 4.71. The number of para-hydroxylation sites is 1. The number of Topliss-reactive ketones (excluding diaryl/α,β-unsaturated/α-hetero) is 1. The first-order chi connectivity index (χ1) is 13.8. The third-order valence-corrected chi connectivity index (χ3v) is 6.08. The number of fused-ring (bicyclic) bond motifs is 3. The summed E-state index contributed by atoms with van der Waals surface area (Å²) in [4.78, 5) is 15.8. The Hall–Kier alpha value is -3.37. The molecule has 2 aromatic rings. The summed E-state index contributed by atoms with van der Waals surface area (Å²) in [5.74, 6) is -0.514. The molecule has 0 radical (unpaired) electrons. The fourth-order valence-electron chi connectivity index (χ4n) is 4.71. The van der Waals surface area contributed by atoms with Crippen molar-refractivity contribution in [3.63, 3.8) is 0 Å². The van der Waals surface area contributed by atoms with Crippen molar-refractivity contribution in [2.75, 3.05) is 4.90 Å². The van der Waals surface area contributed by atoms with Crippen molar-refractivity contribution in [1.82, 2.24) is 0 Å². The minimum Gasteiger partial charge on any atom is -0.351 e. The van der Waals surface area contributed by atoms with Gasteiger partial charge in [0.05, 0.1) is 24.2 Å². The Morgan fingerprint density at radius 3 is 2.24 bits per heavy atom. The van der Waals surface area contributed by atoms with Gasteiger partial charge in [-0.2, -0.15) is 10.5 Å². The lowest BCUT2D eigenvalue weighted by Crippen LogP contribution is -2.47. The second-order valence-corrected chi connectivity index (χ2v) is 8.81. The maximum absolute atomic E-state index is 13.8. The van der Waals surface area contributed by atoms with Gasteiger partial charge in [-0.1, -0.05) is 81.5 Å². The maximum atomic E-state index is 13.8. The number of anilines is 1. The highest BCUT2D eigenvalue weighted by Crippen LogP contribution is 2.55. The van der Waals surface area contributed by atoms with Gasteiger partial charge in [0.1, 0.15) is 0 Å². The van der Waals surface area contributed by atoms with Crippen LogP contribution in [0.1, 0.15) is 37.8 Å². The van der Waals surface area contributed by atoms with Crippen LogP contribution in [-0.2, 0) is 4.79 Å². The van der Waals surface area contributed by atoms with Crippen molar-refractivity contribution in [3.05, 3.63) is 71.8 Å². The Kier molecular flexibility index (Phi) is 4.32. The second-order valence-electron chi connectivity index (χ2n) is 8.81. The van der Waals surface area contributed by atoms with Gasteiger partial charge in [0.25, 0.3) is 0 Å². The number of ketones is 1. The first-order valence-corrected chi connectivity index (χ1v) is 9.82. The highest BCUT2D eigenvalue weighted by molar-refractivity contribution is 5.96. The Morgan fingerprint density at radius 2 is 1.62 bits per heavy atom. The summed E-state index contributed by atoms with van der Waals surface area (Å²) in [6, 6.07) is 21.0. The van der Waals surface area contributed by atoms with Crippen LogP contribution >= 0.6 is 0 Å². The standard InChI is InChI=1S/C25H23N3O/c1-24(2,3)23(29)22-21(18-10-5-4-6-11-18)25(15-26,16-27)20-14-13-17-9-7-8-12-19(17)28(20)22/h4-14,20-22H,1-3H3/t20-,21+,22-/m1/s1. The zero-order valence-corrected chi connectivity index (χ0v) is 16.8. The van der Waals surface area contributed by atoms with E-state index in [9.17, 15) is 15.3 Å². The van der Waals surface area contributed by atoms with E-state index in [0.717, 1.165) is 16.8 Å². The minimum absolute atomic E-state index is 0.0360. The molecule has 4 rings (SSSR count). The predicted octanol–water partition coefficient (Wildman–Crippen LogP) is 4.70. The van der Waals surface area contributed by atoms with Gasteiger partial charge in [-0.25, -0.2) is 0 Å². The number of benzene rings is 2. The molecule has 144 valence electrons. The fraction of sp³-hybridized carbons (Fsp3) is 0.320. The lowest BCUT2D eigenvalue weighted by molar-refractivity contribution is -0.127. The maximum Gasteiger partial charge on any atom is 0.176 e. The number of rotatable bonds is 2. The number of nitriles is 2. The van der Waals surface area contributed by atoms with Crippen LogP contribution in [0.2, 0.25) is 0 Å². The molecule has 4 nitrogen and oxygen atoms in total.